The maximum atomic E-state index is 13.3. The highest BCUT2D eigenvalue weighted by molar-refractivity contribution is 7.99. The molecule has 0 spiro atoms. The zero-order chi connectivity index (χ0) is 11.5. The Labute approximate surface area is 100 Å². The van der Waals surface area contributed by atoms with Gasteiger partial charge in [0.15, 0.2) is 0 Å². The molecule has 88 valence electrons. The van der Waals surface area contributed by atoms with Crippen LogP contribution >= 0.6 is 11.8 Å². The van der Waals surface area contributed by atoms with Crippen molar-refractivity contribution in [1.82, 2.24) is 4.90 Å². The minimum absolute atomic E-state index is 0.299. The van der Waals surface area contributed by atoms with Crippen molar-refractivity contribution in [2.45, 2.75) is 18.7 Å². The fourth-order valence-electron chi connectivity index (χ4n) is 1.99. The lowest BCUT2D eigenvalue weighted by Gasteiger charge is -2.30. The molecule has 2 rings (SSSR count). The first-order valence-corrected chi connectivity index (χ1v) is 6.58. The van der Waals surface area contributed by atoms with Crippen LogP contribution in [0.25, 0.3) is 0 Å². The van der Waals surface area contributed by atoms with Crippen LogP contribution in [0.4, 0.5) is 10.1 Å². The fraction of sp³-hybridized carbons (Fsp3) is 0.500. The van der Waals surface area contributed by atoms with Crippen molar-refractivity contribution in [2.24, 2.45) is 0 Å². The molecule has 0 bridgehead atoms. The summed E-state index contributed by atoms with van der Waals surface area (Å²) in [4.78, 5) is 2.34. The molecule has 1 unspecified atom stereocenters. The van der Waals surface area contributed by atoms with E-state index in [9.17, 15) is 4.39 Å². The number of nitrogens with zero attached hydrogens (tertiary/aromatic N) is 1. The minimum atomic E-state index is -0.308. The molecule has 4 heteroatoms. The molecule has 1 fully saturated rings. The Kier molecular flexibility index (Phi) is 3.71. The number of hydrogen-bond donors (Lipinski definition) is 1. The summed E-state index contributed by atoms with van der Waals surface area (Å²) in [6.45, 7) is 5.10. The lowest BCUT2D eigenvalue weighted by atomic mass is 10.1. The van der Waals surface area contributed by atoms with Crippen LogP contribution < -0.4 is 5.73 Å². The number of thioether (sulfide) groups is 1. The molecule has 1 aliphatic heterocycles. The van der Waals surface area contributed by atoms with E-state index in [1.807, 2.05) is 17.8 Å². The molecular formula is C12H17FN2S. The summed E-state index contributed by atoms with van der Waals surface area (Å²) in [7, 11) is 0. The van der Waals surface area contributed by atoms with Gasteiger partial charge in [-0.2, -0.15) is 11.8 Å². The molecular weight excluding hydrogens is 223 g/mol. The maximum absolute atomic E-state index is 13.3. The first-order chi connectivity index (χ1) is 7.66. The third kappa shape index (κ3) is 2.68. The number of para-hydroxylation sites is 1. The Morgan fingerprint density at radius 1 is 1.56 bits per heavy atom. The van der Waals surface area contributed by atoms with Crippen molar-refractivity contribution < 1.29 is 4.39 Å². The molecule has 16 heavy (non-hydrogen) atoms. The Hall–Kier alpha value is -0.740. The summed E-state index contributed by atoms with van der Waals surface area (Å²) >= 11 is 1.99. The summed E-state index contributed by atoms with van der Waals surface area (Å²) in [5.41, 5.74) is 6.93. The van der Waals surface area contributed by atoms with Crippen molar-refractivity contribution in [3.8, 4) is 0 Å². The highest BCUT2D eigenvalue weighted by Gasteiger charge is 2.17. The molecule has 0 aliphatic carbocycles. The first kappa shape index (κ1) is 11.7. The molecule has 0 amide bonds. The van der Waals surface area contributed by atoms with Crippen LogP contribution in [-0.2, 0) is 6.54 Å². The number of rotatable bonds is 2. The van der Waals surface area contributed by atoms with E-state index in [1.165, 1.54) is 6.07 Å². The Morgan fingerprint density at radius 2 is 2.38 bits per heavy atom. The van der Waals surface area contributed by atoms with Gasteiger partial charge in [0.25, 0.3) is 0 Å². The van der Waals surface area contributed by atoms with Crippen molar-refractivity contribution in [1.29, 1.82) is 0 Å². The molecule has 0 radical (unpaired) electrons. The summed E-state index contributed by atoms with van der Waals surface area (Å²) in [6, 6.07) is 5.04. The van der Waals surface area contributed by atoms with Gasteiger partial charge in [0.2, 0.25) is 0 Å². The molecule has 0 saturated carbocycles. The molecule has 2 N–H and O–H groups in total. The third-order valence-corrected chi connectivity index (χ3v) is 4.00. The van der Waals surface area contributed by atoms with E-state index >= 15 is 0 Å². The number of halogens is 1. The van der Waals surface area contributed by atoms with Crippen LogP contribution in [0.5, 0.6) is 0 Å². The minimum Gasteiger partial charge on any atom is -0.396 e. The van der Waals surface area contributed by atoms with Gasteiger partial charge in [-0.25, -0.2) is 4.39 Å². The summed E-state index contributed by atoms with van der Waals surface area (Å²) < 4.78 is 13.3. The van der Waals surface area contributed by atoms with E-state index < -0.39 is 0 Å². The van der Waals surface area contributed by atoms with E-state index in [2.05, 4.69) is 11.8 Å². The van der Waals surface area contributed by atoms with Gasteiger partial charge in [0.05, 0.1) is 5.69 Å². The van der Waals surface area contributed by atoms with E-state index in [0.717, 1.165) is 31.0 Å². The average molecular weight is 240 g/mol. The Bertz CT molecular complexity index is 370. The topological polar surface area (TPSA) is 29.3 Å². The molecule has 1 aromatic rings. The lowest BCUT2D eigenvalue weighted by Crippen LogP contribution is -2.36. The largest absolute Gasteiger partial charge is 0.396 e. The number of nitrogen functional groups attached to an aromatic ring is 1. The van der Waals surface area contributed by atoms with Crippen molar-refractivity contribution >= 4 is 17.4 Å². The van der Waals surface area contributed by atoms with E-state index in [0.29, 0.717) is 10.9 Å². The van der Waals surface area contributed by atoms with Crippen LogP contribution in [0.1, 0.15) is 12.5 Å². The Balaban J connectivity index is 2.05. The summed E-state index contributed by atoms with van der Waals surface area (Å²) in [5, 5.41) is 0.656. The van der Waals surface area contributed by atoms with Gasteiger partial charge in [-0.15, -0.1) is 0 Å². The predicted octanol–water partition coefficient (Wildman–Crippen LogP) is 2.35. The number of hydrogen-bond acceptors (Lipinski definition) is 3. The van der Waals surface area contributed by atoms with Gasteiger partial charge < -0.3 is 5.73 Å². The van der Waals surface area contributed by atoms with Gasteiger partial charge in [0.1, 0.15) is 5.82 Å². The third-order valence-electron chi connectivity index (χ3n) is 2.86. The predicted molar refractivity (Wildman–Crippen MR) is 68.0 cm³/mol. The molecule has 1 aliphatic rings. The van der Waals surface area contributed by atoms with Gasteiger partial charge in [-0.05, 0) is 11.6 Å². The first-order valence-electron chi connectivity index (χ1n) is 5.53. The van der Waals surface area contributed by atoms with Gasteiger partial charge in [-0.1, -0.05) is 19.1 Å². The molecule has 2 nitrogen and oxygen atoms in total. The average Bonchev–Trinajstić information content (AvgIpc) is 2.25. The maximum Gasteiger partial charge on any atom is 0.146 e. The number of anilines is 1. The highest BCUT2D eigenvalue weighted by Crippen LogP contribution is 2.22. The van der Waals surface area contributed by atoms with Crippen LogP contribution in [0.2, 0.25) is 0 Å². The van der Waals surface area contributed by atoms with Gasteiger partial charge >= 0.3 is 0 Å². The second kappa shape index (κ2) is 5.06. The molecule has 0 aromatic heterocycles. The SMILES string of the molecule is CC1CN(Cc2cccc(F)c2N)CCS1. The number of nitrogens with two attached hydrogens (primary N) is 1. The molecule has 1 aromatic carbocycles. The Morgan fingerprint density at radius 3 is 3.12 bits per heavy atom. The van der Waals surface area contributed by atoms with Crippen LogP contribution in [0.3, 0.4) is 0 Å². The molecule has 1 atom stereocenters. The van der Waals surface area contributed by atoms with Crippen LogP contribution in [-0.4, -0.2) is 29.0 Å². The fourth-order valence-corrected chi connectivity index (χ4v) is 3.08. The van der Waals surface area contributed by atoms with E-state index in [1.54, 1.807) is 6.07 Å². The molecule has 1 saturated heterocycles. The summed E-state index contributed by atoms with van der Waals surface area (Å²) in [6.07, 6.45) is 0. The zero-order valence-electron chi connectivity index (χ0n) is 9.45. The van der Waals surface area contributed by atoms with Crippen molar-refractivity contribution in [3.63, 3.8) is 0 Å². The standard InChI is InChI=1S/C12H17FN2S/c1-9-7-15(5-6-16-9)8-10-3-2-4-11(13)12(10)14/h2-4,9H,5-8,14H2,1H3. The highest BCUT2D eigenvalue weighted by atomic mass is 32.2. The van der Waals surface area contributed by atoms with Crippen LogP contribution in [0.15, 0.2) is 18.2 Å². The zero-order valence-corrected chi connectivity index (χ0v) is 10.3. The van der Waals surface area contributed by atoms with Gasteiger partial charge in [0, 0.05) is 30.6 Å². The monoisotopic (exact) mass is 240 g/mol. The quantitative estimate of drug-likeness (QED) is 0.805. The number of benzene rings is 1. The second-order valence-electron chi connectivity index (χ2n) is 4.23. The van der Waals surface area contributed by atoms with E-state index in [-0.39, 0.29) is 5.82 Å². The smallest absolute Gasteiger partial charge is 0.146 e. The second-order valence-corrected chi connectivity index (χ2v) is 5.78. The van der Waals surface area contributed by atoms with Crippen molar-refractivity contribution in [3.05, 3.63) is 29.6 Å². The van der Waals surface area contributed by atoms with Crippen LogP contribution in [0, 0.1) is 5.82 Å². The molecule has 1 heterocycles. The van der Waals surface area contributed by atoms with E-state index in [4.69, 9.17) is 5.73 Å². The van der Waals surface area contributed by atoms with Crippen molar-refractivity contribution in [2.75, 3.05) is 24.6 Å². The van der Waals surface area contributed by atoms with Gasteiger partial charge in [-0.3, -0.25) is 4.90 Å². The lowest BCUT2D eigenvalue weighted by molar-refractivity contribution is 0.278. The normalized spacial score (nSPS) is 22.2. The summed E-state index contributed by atoms with van der Waals surface area (Å²) in [5.74, 6) is 0.841.